The number of carboxylic acids is 1. The molecule has 0 saturated heterocycles. The Kier molecular flexibility index (Phi) is 13.0. The van der Waals surface area contributed by atoms with E-state index in [0.717, 1.165) is 24.5 Å². The monoisotopic (exact) mass is 320 g/mol. The van der Waals surface area contributed by atoms with Crippen LogP contribution in [0.5, 0.6) is 0 Å². The first kappa shape index (κ1) is 20.8. The van der Waals surface area contributed by atoms with Crippen molar-refractivity contribution in [3.63, 3.8) is 0 Å². The van der Waals surface area contributed by atoms with Gasteiger partial charge in [0.25, 0.3) is 0 Å². The number of aliphatic hydroxyl groups excluding tert-OH is 1. The maximum atomic E-state index is 11.4. The summed E-state index contributed by atoms with van der Waals surface area (Å²) in [4.78, 5) is 22.2. The van der Waals surface area contributed by atoms with E-state index >= 15 is 0 Å². The fraction of sp³-hybridized carbons (Fsp3) is 0.385. The summed E-state index contributed by atoms with van der Waals surface area (Å²) in [5.41, 5.74) is 0.467. The number of rotatable bonds is 4. The first-order chi connectivity index (χ1) is 9.52. The summed E-state index contributed by atoms with van der Waals surface area (Å²) in [5, 5.41) is 18.7. The van der Waals surface area contributed by atoms with Crippen molar-refractivity contribution in [2.24, 2.45) is 5.92 Å². The summed E-state index contributed by atoms with van der Waals surface area (Å²) >= 11 is 1.06. The molecule has 0 aromatic rings. The zero-order valence-corrected chi connectivity index (χ0v) is 13.0. The van der Waals surface area contributed by atoms with Crippen molar-refractivity contribution >= 4 is 11.8 Å². The van der Waals surface area contributed by atoms with Gasteiger partial charge in [0.05, 0.1) is 0 Å². The summed E-state index contributed by atoms with van der Waals surface area (Å²) in [6.45, 7) is 3.62. The average Bonchev–Trinajstić information content (AvgIpc) is 2.44. The molecule has 1 rings (SSSR count). The van der Waals surface area contributed by atoms with Gasteiger partial charge in [-0.2, -0.15) is 0 Å². The summed E-state index contributed by atoms with van der Waals surface area (Å²) in [5.74, 6) is -1.09. The van der Waals surface area contributed by atoms with Crippen molar-refractivity contribution in [2.45, 2.75) is 19.9 Å². The molecule has 0 bridgehead atoms. The fourth-order valence-electron chi connectivity index (χ4n) is 1.33. The van der Waals surface area contributed by atoms with E-state index in [1.807, 2.05) is 13.8 Å². The van der Waals surface area contributed by atoms with Gasteiger partial charge in [-0.25, -0.2) is 4.79 Å². The second-order valence-corrected chi connectivity index (χ2v) is 3.91. The van der Waals surface area contributed by atoms with Crippen LogP contribution in [0.15, 0.2) is 36.1 Å². The van der Waals surface area contributed by atoms with Crippen LogP contribution in [0.2, 0.25) is 0 Å². The fourth-order valence-corrected chi connectivity index (χ4v) is 1.33. The zero-order valence-electron chi connectivity index (χ0n) is 11.6. The van der Waals surface area contributed by atoms with Gasteiger partial charge in [0, 0.05) is 18.9 Å². The van der Waals surface area contributed by atoms with Gasteiger partial charge in [-0.05, 0) is 18.1 Å². The van der Waals surface area contributed by atoms with Crippen molar-refractivity contribution in [1.82, 2.24) is 5.32 Å². The number of nitrogens with one attached hydrogen (secondary N) is 1. The van der Waals surface area contributed by atoms with E-state index in [4.69, 9.17) is 13.9 Å². The van der Waals surface area contributed by atoms with Crippen LogP contribution >= 0.6 is 0 Å². The number of aliphatic carboxylic acids is 1. The van der Waals surface area contributed by atoms with Crippen molar-refractivity contribution in [2.75, 3.05) is 7.11 Å². The van der Waals surface area contributed by atoms with Gasteiger partial charge in [0.15, 0.2) is 5.78 Å². The van der Waals surface area contributed by atoms with E-state index in [2.05, 4.69) is 5.32 Å². The summed E-state index contributed by atoms with van der Waals surface area (Å²) in [6.07, 6.45) is 7.94. The van der Waals surface area contributed by atoms with Gasteiger partial charge in [0.2, 0.25) is 0 Å². The van der Waals surface area contributed by atoms with Gasteiger partial charge < -0.3 is 15.5 Å². The van der Waals surface area contributed by atoms with Crippen LogP contribution < -0.4 is 5.32 Å². The Hall–Kier alpha value is -1.50. The topological polar surface area (TPSA) is 104 Å². The summed E-state index contributed by atoms with van der Waals surface area (Å²) < 4.78 is 8.19. The van der Waals surface area contributed by atoms with E-state index in [0.29, 0.717) is 5.57 Å². The van der Waals surface area contributed by atoms with Crippen LogP contribution in [0, 0.1) is 5.92 Å². The molecule has 0 aromatic carbocycles. The number of aliphatic hydroxyl groups is 1. The molecule has 1 atom stereocenters. The molecule has 0 saturated carbocycles. The molecular formula is C13H19NO5V. The van der Waals surface area contributed by atoms with Crippen molar-refractivity contribution in [1.29, 1.82) is 0 Å². The average molecular weight is 320 g/mol. The quantitative estimate of drug-likeness (QED) is 0.661. The summed E-state index contributed by atoms with van der Waals surface area (Å²) in [6, 6.07) is -0.681. The molecule has 0 radical (unpaired) electrons. The zero-order chi connectivity index (χ0) is 16.1. The SMILES string of the molecule is CC(C)[C@H](N/C=C1/C=CC=CC1=O)C(=O)O.CO.[O]=[V]. The molecule has 0 amide bonds. The normalized spacial score (nSPS) is 15.8. The van der Waals surface area contributed by atoms with Gasteiger partial charge in [-0.3, -0.25) is 4.79 Å². The Bertz CT molecular complexity index is 402. The second-order valence-electron chi connectivity index (χ2n) is 3.91. The van der Waals surface area contributed by atoms with Crippen LogP contribution in [0.1, 0.15) is 13.8 Å². The Morgan fingerprint density at radius 3 is 2.15 bits per heavy atom. The van der Waals surface area contributed by atoms with Crippen molar-refractivity contribution in [3.8, 4) is 0 Å². The predicted octanol–water partition coefficient (Wildman–Crippen LogP) is 0.751. The Balaban J connectivity index is 0. The van der Waals surface area contributed by atoms with Crippen molar-refractivity contribution in [3.05, 3.63) is 36.1 Å². The molecule has 20 heavy (non-hydrogen) atoms. The van der Waals surface area contributed by atoms with Gasteiger partial charge in [-0.15, -0.1) is 0 Å². The third-order valence-corrected chi connectivity index (χ3v) is 2.27. The molecule has 0 heterocycles. The van der Waals surface area contributed by atoms with Gasteiger partial charge in [0.1, 0.15) is 6.04 Å². The Labute approximate surface area is 127 Å². The molecule has 0 unspecified atom stereocenters. The molecule has 6 nitrogen and oxygen atoms in total. The molecule has 7 heteroatoms. The Morgan fingerprint density at radius 2 is 1.75 bits per heavy atom. The molecule has 0 aromatic heterocycles. The van der Waals surface area contributed by atoms with Crippen LogP contribution in [0.3, 0.4) is 0 Å². The van der Waals surface area contributed by atoms with Crippen molar-refractivity contribution < 1.29 is 40.8 Å². The van der Waals surface area contributed by atoms with E-state index in [-0.39, 0.29) is 11.7 Å². The van der Waals surface area contributed by atoms with Crippen LogP contribution in [-0.4, -0.2) is 35.1 Å². The van der Waals surface area contributed by atoms with Crippen LogP contribution in [0.25, 0.3) is 0 Å². The standard InChI is InChI=1S/C12H15NO3.CH4O.O.V/c1-8(2)11(12(15)16)13-7-9-5-3-4-6-10(9)14;1-2;;/h3-8,11,13H,1-2H3,(H,15,16);2H,1H3;;/b9-7-;;;/t11-;;;/m0.../s1. The van der Waals surface area contributed by atoms with E-state index in [9.17, 15) is 9.59 Å². The molecule has 3 N–H and O–H groups in total. The molecule has 1 aliphatic rings. The number of ketones is 1. The minimum atomic E-state index is -0.922. The molecule has 0 aliphatic heterocycles. The second kappa shape index (κ2) is 12.5. The third kappa shape index (κ3) is 7.83. The van der Waals surface area contributed by atoms with Gasteiger partial charge in [-0.1, -0.05) is 26.0 Å². The van der Waals surface area contributed by atoms with E-state index < -0.39 is 12.0 Å². The number of allylic oxidation sites excluding steroid dienone is 5. The third-order valence-electron chi connectivity index (χ3n) is 2.27. The molecule has 1 aliphatic carbocycles. The number of hydrogen-bond acceptors (Lipinski definition) is 5. The first-order valence-corrected chi connectivity index (χ1v) is 6.30. The number of carboxylic acid groups (broad SMARTS) is 1. The number of hydrogen-bond donors (Lipinski definition) is 3. The van der Waals surface area contributed by atoms with E-state index in [1.54, 1.807) is 18.2 Å². The first-order valence-electron chi connectivity index (χ1n) is 5.73. The molecule has 111 valence electrons. The Morgan fingerprint density at radius 1 is 1.25 bits per heavy atom. The van der Waals surface area contributed by atoms with Crippen LogP contribution in [0.4, 0.5) is 0 Å². The number of carbonyl (C=O) groups is 2. The maximum absolute atomic E-state index is 11.4. The van der Waals surface area contributed by atoms with E-state index in [1.165, 1.54) is 12.3 Å². The number of carbonyl (C=O) groups excluding carboxylic acids is 1. The summed E-state index contributed by atoms with van der Waals surface area (Å²) in [7, 11) is 1.00. The molecule has 0 fully saturated rings. The predicted molar refractivity (Wildman–Crippen MR) is 69.6 cm³/mol. The minimum absolute atomic E-state index is 0.0486. The van der Waals surface area contributed by atoms with Gasteiger partial charge >= 0.3 is 27.0 Å². The molecular weight excluding hydrogens is 301 g/mol. The van der Waals surface area contributed by atoms with Crippen LogP contribution in [-0.2, 0) is 30.6 Å². The molecule has 0 spiro atoms.